The standard InChI is InChI=1S/C16H28F2N2O2/c1-14(2,3)22-13(21)20-8-4-5-12(9-20)6-7-15(11-19)10-16(15,17)18/h12H,4-11,19H2,1-3H3. The topological polar surface area (TPSA) is 55.6 Å². The van der Waals surface area contributed by atoms with Crippen molar-refractivity contribution in [2.45, 2.75) is 64.4 Å². The molecule has 1 aliphatic heterocycles. The fourth-order valence-corrected chi connectivity index (χ4v) is 3.25. The van der Waals surface area contributed by atoms with Crippen LogP contribution in [0.1, 0.15) is 52.9 Å². The quantitative estimate of drug-likeness (QED) is 0.864. The highest BCUT2D eigenvalue weighted by molar-refractivity contribution is 5.68. The van der Waals surface area contributed by atoms with Gasteiger partial charge in [-0.05, 0) is 52.4 Å². The van der Waals surface area contributed by atoms with Crippen LogP contribution in [-0.4, -0.2) is 42.2 Å². The molecular formula is C16H28F2N2O2. The maximum Gasteiger partial charge on any atom is 0.410 e. The minimum Gasteiger partial charge on any atom is -0.444 e. The number of carbonyl (C=O) groups excluding carboxylic acids is 1. The number of hydrogen-bond acceptors (Lipinski definition) is 3. The molecule has 2 aliphatic rings. The van der Waals surface area contributed by atoms with Crippen LogP contribution in [0.5, 0.6) is 0 Å². The van der Waals surface area contributed by atoms with Crippen molar-refractivity contribution in [3.05, 3.63) is 0 Å². The van der Waals surface area contributed by atoms with Gasteiger partial charge in [0, 0.05) is 26.1 Å². The van der Waals surface area contributed by atoms with Crippen LogP contribution in [0, 0.1) is 11.3 Å². The van der Waals surface area contributed by atoms with Gasteiger partial charge in [0.25, 0.3) is 5.92 Å². The number of nitrogens with zero attached hydrogens (tertiary/aromatic N) is 1. The van der Waals surface area contributed by atoms with Gasteiger partial charge in [0.15, 0.2) is 0 Å². The van der Waals surface area contributed by atoms with Gasteiger partial charge in [-0.2, -0.15) is 0 Å². The zero-order chi connectivity index (χ0) is 16.6. The molecular weight excluding hydrogens is 290 g/mol. The lowest BCUT2D eigenvalue weighted by Gasteiger charge is -2.34. The predicted octanol–water partition coefficient (Wildman–Crippen LogP) is 3.40. The Bertz CT molecular complexity index is 423. The molecule has 2 fully saturated rings. The maximum atomic E-state index is 13.4. The van der Waals surface area contributed by atoms with Crippen molar-refractivity contribution < 1.29 is 18.3 Å². The second-order valence-electron chi connectivity index (χ2n) is 7.84. The maximum absolute atomic E-state index is 13.4. The van der Waals surface area contributed by atoms with Gasteiger partial charge < -0.3 is 15.4 Å². The van der Waals surface area contributed by atoms with Gasteiger partial charge in [0.1, 0.15) is 5.60 Å². The van der Waals surface area contributed by atoms with Crippen LogP contribution in [0.25, 0.3) is 0 Å². The fourth-order valence-electron chi connectivity index (χ4n) is 3.25. The molecule has 0 bridgehead atoms. The molecule has 0 radical (unpaired) electrons. The van der Waals surface area contributed by atoms with E-state index in [1.807, 2.05) is 20.8 Å². The minimum atomic E-state index is -2.60. The monoisotopic (exact) mass is 318 g/mol. The first-order chi connectivity index (χ1) is 10.1. The summed E-state index contributed by atoms with van der Waals surface area (Å²) in [5.41, 5.74) is 4.05. The van der Waals surface area contributed by atoms with Gasteiger partial charge in [-0.25, -0.2) is 13.6 Å². The zero-order valence-electron chi connectivity index (χ0n) is 13.8. The summed E-state index contributed by atoms with van der Waals surface area (Å²) in [5.74, 6) is -2.33. The van der Waals surface area contributed by atoms with Crippen molar-refractivity contribution >= 4 is 6.09 Å². The summed E-state index contributed by atoms with van der Waals surface area (Å²) in [5, 5.41) is 0. The molecule has 1 saturated heterocycles. The Hall–Kier alpha value is -0.910. The minimum absolute atomic E-state index is 0.0441. The smallest absolute Gasteiger partial charge is 0.410 e. The van der Waals surface area contributed by atoms with Crippen molar-refractivity contribution in [2.75, 3.05) is 19.6 Å². The number of carbonyl (C=O) groups is 1. The van der Waals surface area contributed by atoms with Gasteiger partial charge in [-0.1, -0.05) is 0 Å². The van der Waals surface area contributed by atoms with E-state index in [-0.39, 0.29) is 25.0 Å². The lowest BCUT2D eigenvalue weighted by atomic mass is 9.88. The molecule has 1 saturated carbocycles. The number of nitrogens with two attached hydrogens (primary N) is 1. The highest BCUT2D eigenvalue weighted by Gasteiger charge is 2.69. The number of hydrogen-bond donors (Lipinski definition) is 1. The third-order valence-electron chi connectivity index (χ3n) is 4.80. The van der Waals surface area contributed by atoms with Crippen molar-refractivity contribution in [3.8, 4) is 0 Å². The van der Waals surface area contributed by atoms with E-state index in [0.29, 0.717) is 25.9 Å². The Balaban J connectivity index is 1.83. The molecule has 1 aliphatic carbocycles. The van der Waals surface area contributed by atoms with Crippen molar-refractivity contribution in [1.29, 1.82) is 0 Å². The predicted molar refractivity (Wildman–Crippen MR) is 80.8 cm³/mol. The molecule has 0 aromatic heterocycles. The van der Waals surface area contributed by atoms with Gasteiger partial charge in [0.2, 0.25) is 0 Å². The first-order valence-corrected chi connectivity index (χ1v) is 8.14. The van der Waals surface area contributed by atoms with E-state index in [9.17, 15) is 13.6 Å². The summed E-state index contributed by atoms with van der Waals surface area (Å²) in [6.45, 7) is 6.85. The van der Waals surface area contributed by atoms with E-state index < -0.39 is 16.9 Å². The number of piperidine rings is 1. The summed E-state index contributed by atoms with van der Waals surface area (Å²) in [7, 11) is 0. The Kier molecular flexibility index (Phi) is 4.71. The molecule has 0 aromatic rings. The molecule has 2 rings (SSSR count). The zero-order valence-corrected chi connectivity index (χ0v) is 13.8. The molecule has 0 aromatic carbocycles. The number of rotatable bonds is 4. The lowest BCUT2D eigenvalue weighted by molar-refractivity contribution is 0.0145. The lowest BCUT2D eigenvalue weighted by Crippen LogP contribution is -2.43. The summed E-state index contributed by atoms with van der Waals surface area (Å²) in [4.78, 5) is 13.8. The Labute approximate surface area is 131 Å². The van der Waals surface area contributed by atoms with Gasteiger partial charge in [0.05, 0.1) is 5.41 Å². The van der Waals surface area contributed by atoms with Gasteiger partial charge in [-0.3, -0.25) is 0 Å². The van der Waals surface area contributed by atoms with Crippen LogP contribution in [0.4, 0.5) is 13.6 Å². The number of amides is 1. The van der Waals surface area contributed by atoms with E-state index in [1.54, 1.807) is 4.90 Å². The van der Waals surface area contributed by atoms with Crippen LogP contribution in [0.2, 0.25) is 0 Å². The van der Waals surface area contributed by atoms with E-state index in [1.165, 1.54) is 0 Å². The van der Waals surface area contributed by atoms with Gasteiger partial charge in [-0.15, -0.1) is 0 Å². The molecule has 1 heterocycles. The molecule has 1 amide bonds. The molecule has 2 atom stereocenters. The first-order valence-electron chi connectivity index (χ1n) is 8.14. The highest BCUT2D eigenvalue weighted by atomic mass is 19.3. The summed E-state index contributed by atoms with van der Waals surface area (Å²) in [6, 6.07) is 0. The first kappa shape index (κ1) is 17.4. The summed E-state index contributed by atoms with van der Waals surface area (Å²) >= 11 is 0. The molecule has 2 N–H and O–H groups in total. The number of halogens is 2. The van der Waals surface area contributed by atoms with E-state index >= 15 is 0 Å². The van der Waals surface area contributed by atoms with Crippen LogP contribution >= 0.6 is 0 Å². The Morgan fingerprint density at radius 3 is 2.55 bits per heavy atom. The average molecular weight is 318 g/mol. The van der Waals surface area contributed by atoms with E-state index in [2.05, 4.69) is 0 Å². The summed E-state index contributed by atoms with van der Waals surface area (Å²) < 4.78 is 32.2. The van der Waals surface area contributed by atoms with Crippen molar-refractivity contribution in [1.82, 2.24) is 4.90 Å². The Morgan fingerprint density at radius 2 is 2.05 bits per heavy atom. The molecule has 4 nitrogen and oxygen atoms in total. The molecule has 22 heavy (non-hydrogen) atoms. The molecule has 2 unspecified atom stereocenters. The number of ether oxygens (including phenoxy) is 1. The molecule has 128 valence electrons. The van der Waals surface area contributed by atoms with Crippen LogP contribution in [0.3, 0.4) is 0 Å². The molecule has 6 heteroatoms. The van der Waals surface area contributed by atoms with Crippen molar-refractivity contribution in [2.24, 2.45) is 17.1 Å². The largest absolute Gasteiger partial charge is 0.444 e. The third-order valence-corrected chi connectivity index (χ3v) is 4.80. The van der Waals surface area contributed by atoms with Crippen LogP contribution in [0.15, 0.2) is 0 Å². The SMILES string of the molecule is CC(C)(C)OC(=O)N1CCCC(CCC2(CN)CC2(F)F)C1. The Morgan fingerprint density at radius 1 is 1.41 bits per heavy atom. The van der Waals surface area contributed by atoms with Crippen LogP contribution in [-0.2, 0) is 4.74 Å². The number of likely N-dealkylation sites (tertiary alicyclic amines) is 1. The second kappa shape index (κ2) is 5.95. The van der Waals surface area contributed by atoms with E-state index in [0.717, 1.165) is 12.8 Å². The van der Waals surface area contributed by atoms with Gasteiger partial charge >= 0.3 is 6.09 Å². The van der Waals surface area contributed by atoms with Crippen molar-refractivity contribution in [3.63, 3.8) is 0 Å². The average Bonchev–Trinajstić information content (AvgIpc) is 2.97. The summed E-state index contributed by atoms with van der Waals surface area (Å²) in [6.07, 6.45) is 2.64. The van der Waals surface area contributed by atoms with Crippen LogP contribution < -0.4 is 5.73 Å². The molecule has 0 spiro atoms. The highest BCUT2D eigenvalue weighted by Crippen LogP contribution is 2.62. The number of alkyl halides is 2. The third kappa shape index (κ3) is 3.89. The fraction of sp³-hybridized carbons (Fsp3) is 0.938. The second-order valence-corrected chi connectivity index (χ2v) is 7.84. The van der Waals surface area contributed by atoms with E-state index in [4.69, 9.17) is 10.5 Å². The normalized spacial score (nSPS) is 31.0.